The molecule has 30 heavy (non-hydrogen) atoms. The summed E-state index contributed by atoms with van der Waals surface area (Å²) in [5.41, 5.74) is 1.95. The van der Waals surface area contributed by atoms with Crippen LogP contribution in [0.2, 0.25) is 5.02 Å². The zero-order valence-electron chi connectivity index (χ0n) is 15.5. The summed E-state index contributed by atoms with van der Waals surface area (Å²) >= 11 is 7.32. The normalized spacial score (nSPS) is 15.2. The van der Waals surface area contributed by atoms with Crippen molar-refractivity contribution in [3.05, 3.63) is 62.1 Å². The second-order valence-electron chi connectivity index (χ2n) is 7.25. The Morgan fingerprint density at radius 2 is 1.97 bits per heavy atom. The first-order chi connectivity index (χ1) is 14.3. The molecule has 4 aromatic rings. The molecule has 0 spiro atoms. The fraction of sp³-hybridized carbons (Fsp3) is 0.316. The second-order valence-corrected chi connectivity index (χ2v) is 8.77. The Hall–Kier alpha value is -2.43. The van der Waals surface area contributed by atoms with Gasteiger partial charge in [0.15, 0.2) is 5.65 Å². The molecule has 1 aliphatic heterocycles. The number of thiophene rings is 1. The van der Waals surface area contributed by atoms with Crippen molar-refractivity contribution in [2.75, 3.05) is 13.1 Å². The highest BCUT2D eigenvalue weighted by Gasteiger charge is 2.34. The van der Waals surface area contributed by atoms with Crippen molar-refractivity contribution in [2.24, 2.45) is 0 Å². The van der Waals surface area contributed by atoms with Crippen LogP contribution in [-0.2, 0) is 19.5 Å². The Kier molecular flexibility index (Phi) is 4.60. The van der Waals surface area contributed by atoms with Crippen molar-refractivity contribution in [2.45, 2.75) is 25.7 Å². The molecule has 0 fully saturated rings. The van der Waals surface area contributed by atoms with Gasteiger partial charge in [0.1, 0.15) is 11.2 Å². The number of nitrogens with zero attached hydrogens (tertiary/aromatic N) is 5. The summed E-state index contributed by atoms with van der Waals surface area (Å²) in [6.07, 6.45) is -2.45. The van der Waals surface area contributed by atoms with Crippen LogP contribution in [0.5, 0.6) is 0 Å². The molecule has 0 bridgehead atoms. The molecule has 0 saturated carbocycles. The molecule has 0 N–H and O–H groups in total. The number of alkyl halides is 3. The van der Waals surface area contributed by atoms with Crippen LogP contribution in [0.15, 0.2) is 35.4 Å². The third kappa shape index (κ3) is 3.38. The van der Waals surface area contributed by atoms with Crippen molar-refractivity contribution in [1.82, 2.24) is 24.1 Å². The summed E-state index contributed by atoms with van der Waals surface area (Å²) < 4.78 is 41.4. The van der Waals surface area contributed by atoms with Crippen LogP contribution in [0.4, 0.5) is 13.2 Å². The van der Waals surface area contributed by atoms with E-state index in [1.807, 2.05) is 12.1 Å². The number of hydrogen-bond donors (Lipinski definition) is 0. The van der Waals surface area contributed by atoms with E-state index in [1.54, 1.807) is 16.7 Å². The lowest BCUT2D eigenvalue weighted by molar-refractivity contribution is -0.147. The van der Waals surface area contributed by atoms with Gasteiger partial charge < -0.3 is 0 Å². The molecule has 0 amide bonds. The average molecular weight is 454 g/mol. The molecule has 0 radical (unpaired) electrons. The number of rotatable bonds is 3. The first kappa shape index (κ1) is 19.5. The molecule has 0 atom stereocenters. The van der Waals surface area contributed by atoms with Crippen LogP contribution >= 0.6 is 22.9 Å². The molecular weight excluding hydrogens is 439 g/mol. The molecule has 156 valence electrons. The van der Waals surface area contributed by atoms with Gasteiger partial charge in [0.05, 0.1) is 18.5 Å². The van der Waals surface area contributed by atoms with E-state index in [9.17, 15) is 18.0 Å². The summed E-state index contributed by atoms with van der Waals surface area (Å²) in [5.74, 6) is 0. The first-order valence-corrected chi connectivity index (χ1v) is 10.4. The van der Waals surface area contributed by atoms with E-state index in [1.165, 1.54) is 27.1 Å². The van der Waals surface area contributed by atoms with Crippen molar-refractivity contribution in [3.8, 4) is 0 Å². The SMILES string of the molecule is O=c1n(Cc2ccc(Cl)cc2)c2sc3c(c2c2ncnn12)CCN(CC(F)(F)F)C3. The van der Waals surface area contributed by atoms with Crippen molar-refractivity contribution in [1.29, 1.82) is 0 Å². The monoisotopic (exact) mass is 453 g/mol. The van der Waals surface area contributed by atoms with Crippen molar-refractivity contribution < 1.29 is 13.2 Å². The zero-order valence-corrected chi connectivity index (χ0v) is 17.1. The molecule has 0 saturated heterocycles. The Morgan fingerprint density at radius 1 is 1.20 bits per heavy atom. The number of halogens is 4. The highest BCUT2D eigenvalue weighted by Crippen LogP contribution is 2.37. The van der Waals surface area contributed by atoms with Crippen LogP contribution in [0, 0.1) is 0 Å². The van der Waals surface area contributed by atoms with E-state index >= 15 is 0 Å². The van der Waals surface area contributed by atoms with Gasteiger partial charge in [-0.25, -0.2) is 9.78 Å². The zero-order chi connectivity index (χ0) is 21.0. The van der Waals surface area contributed by atoms with Gasteiger partial charge in [0.25, 0.3) is 0 Å². The third-order valence-electron chi connectivity index (χ3n) is 5.20. The van der Waals surface area contributed by atoms with Crippen LogP contribution < -0.4 is 5.69 Å². The van der Waals surface area contributed by atoms with Crippen molar-refractivity contribution >= 4 is 38.8 Å². The maximum atomic E-state index is 13.1. The Labute approximate surface area is 177 Å². The first-order valence-electron chi connectivity index (χ1n) is 9.20. The van der Waals surface area contributed by atoms with Gasteiger partial charge >= 0.3 is 11.9 Å². The number of hydrogen-bond acceptors (Lipinski definition) is 5. The maximum Gasteiger partial charge on any atom is 0.401 e. The Bertz CT molecular complexity index is 1310. The Balaban J connectivity index is 1.66. The Morgan fingerprint density at radius 3 is 2.70 bits per heavy atom. The molecular formula is C19H15ClF3N5OS. The van der Waals surface area contributed by atoms with E-state index in [0.717, 1.165) is 21.4 Å². The highest BCUT2D eigenvalue weighted by atomic mass is 35.5. The molecule has 5 rings (SSSR count). The van der Waals surface area contributed by atoms with Crippen LogP contribution in [0.25, 0.3) is 15.9 Å². The van der Waals surface area contributed by atoms with E-state index < -0.39 is 12.7 Å². The minimum absolute atomic E-state index is 0.198. The van der Waals surface area contributed by atoms with Gasteiger partial charge in [-0.2, -0.15) is 22.8 Å². The topological polar surface area (TPSA) is 55.4 Å². The van der Waals surface area contributed by atoms with Gasteiger partial charge in [-0.1, -0.05) is 23.7 Å². The number of aromatic nitrogens is 4. The van der Waals surface area contributed by atoms with Gasteiger partial charge in [0.2, 0.25) is 0 Å². The standard InChI is InChI=1S/C19H15ClF3N5OS/c20-12-3-1-11(2-4-12)7-27-17-15(16-24-10-25-28(16)18(27)29)13-5-6-26(8-14(13)30-17)9-19(21,22)23/h1-4,10H,5-9H2. The lowest BCUT2D eigenvalue weighted by Crippen LogP contribution is -2.37. The molecule has 4 heterocycles. The van der Waals surface area contributed by atoms with E-state index in [4.69, 9.17) is 11.6 Å². The molecule has 0 aliphatic carbocycles. The van der Waals surface area contributed by atoms with Gasteiger partial charge in [-0.05, 0) is 29.7 Å². The summed E-state index contributed by atoms with van der Waals surface area (Å²) in [7, 11) is 0. The van der Waals surface area contributed by atoms with E-state index in [2.05, 4.69) is 10.1 Å². The highest BCUT2D eigenvalue weighted by molar-refractivity contribution is 7.19. The summed E-state index contributed by atoms with van der Waals surface area (Å²) in [6, 6.07) is 7.18. The smallest absolute Gasteiger partial charge is 0.290 e. The van der Waals surface area contributed by atoms with E-state index in [-0.39, 0.29) is 12.2 Å². The lowest BCUT2D eigenvalue weighted by Gasteiger charge is -2.27. The summed E-state index contributed by atoms with van der Waals surface area (Å²) in [4.78, 5) is 20.3. The molecule has 6 nitrogen and oxygen atoms in total. The quantitative estimate of drug-likeness (QED) is 0.474. The fourth-order valence-electron chi connectivity index (χ4n) is 3.92. The van der Waals surface area contributed by atoms with Gasteiger partial charge in [-0.3, -0.25) is 9.47 Å². The number of fused-ring (bicyclic) bond motifs is 5. The molecule has 0 unspecified atom stereocenters. The van der Waals surface area contributed by atoms with Gasteiger partial charge in [-0.15, -0.1) is 11.3 Å². The van der Waals surface area contributed by atoms with Crippen LogP contribution in [-0.4, -0.2) is 43.3 Å². The molecule has 1 aromatic carbocycles. The molecule has 3 aromatic heterocycles. The largest absolute Gasteiger partial charge is 0.401 e. The van der Waals surface area contributed by atoms with Crippen molar-refractivity contribution in [3.63, 3.8) is 0 Å². The average Bonchev–Trinajstić information content (AvgIpc) is 3.29. The minimum Gasteiger partial charge on any atom is -0.290 e. The van der Waals surface area contributed by atoms with Gasteiger partial charge in [0, 0.05) is 23.0 Å². The predicted octanol–water partition coefficient (Wildman–Crippen LogP) is 3.73. The fourth-order valence-corrected chi connectivity index (χ4v) is 5.42. The molecule has 1 aliphatic rings. The van der Waals surface area contributed by atoms with E-state index in [0.29, 0.717) is 35.0 Å². The number of benzene rings is 1. The maximum absolute atomic E-state index is 13.1. The predicted molar refractivity (Wildman–Crippen MR) is 108 cm³/mol. The summed E-state index contributed by atoms with van der Waals surface area (Å²) in [6.45, 7) is -0.148. The molecule has 11 heteroatoms. The minimum atomic E-state index is -4.24. The lowest BCUT2D eigenvalue weighted by atomic mass is 10.1. The summed E-state index contributed by atoms with van der Waals surface area (Å²) in [5, 5.41) is 5.47. The van der Waals surface area contributed by atoms with Crippen LogP contribution in [0.3, 0.4) is 0 Å². The van der Waals surface area contributed by atoms with Crippen LogP contribution in [0.1, 0.15) is 16.0 Å². The second kappa shape index (κ2) is 7.07. The third-order valence-corrected chi connectivity index (χ3v) is 6.69.